The van der Waals surface area contributed by atoms with Crippen molar-refractivity contribution in [1.29, 1.82) is 0 Å². The van der Waals surface area contributed by atoms with Crippen LogP contribution in [0.4, 0.5) is 0 Å². The molecular weight excluding hydrogens is 496 g/mol. The highest BCUT2D eigenvalue weighted by Gasteiger charge is 2.86. The highest BCUT2D eigenvalue weighted by Crippen LogP contribution is 2.76. The molecule has 0 aromatic rings. The van der Waals surface area contributed by atoms with Gasteiger partial charge in [-0.25, -0.2) is 0 Å². The maximum atomic E-state index is 14.4. The van der Waals surface area contributed by atoms with E-state index < -0.39 is 77.2 Å². The van der Waals surface area contributed by atoms with Crippen molar-refractivity contribution in [1.82, 2.24) is 0 Å². The fourth-order valence-corrected chi connectivity index (χ4v) is 9.40. The van der Waals surface area contributed by atoms with E-state index in [9.17, 15) is 24.0 Å². The third kappa shape index (κ3) is 3.44. The molecule has 2 heterocycles. The van der Waals surface area contributed by atoms with Crippen LogP contribution in [0.3, 0.4) is 0 Å². The summed E-state index contributed by atoms with van der Waals surface area (Å²) in [6.45, 7) is 11.3. The van der Waals surface area contributed by atoms with Crippen molar-refractivity contribution in [2.45, 2.75) is 105 Å². The summed E-state index contributed by atoms with van der Waals surface area (Å²) in [5.41, 5.74) is -2.86. The topological polar surface area (TPSA) is 132 Å². The third-order valence-electron chi connectivity index (χ3n) is 10.3. The van der Waals surface area contributed by atoms with Gasteiger partial charge in [0.2, 0.25) is 6.29 Å². The summed E-state index contributed by atoms with van der Waals surface area (Å²) in [6, 6.07) is 0. The summed E-state index contributed by atoms with van der Waals surface area (Å²) in [5.74, 6) is -4.03. The minimum Gasteiger partial charge on any atom is -0.462 e. The molecule has 6 fully saturated rings. The van der Waals surface area contributed by atoms with E-state index in [4.69, 9.17) is 23.7 Å². The maximum Gasteiger partial charge on any atom is 0.304 e. The van der Waals surface area contributed by atoms with Crippen LogP contribution in [0.5, 0.6) is 0 Å². The van der Waals surface area contributed by atoms with Crippen molar-refractivity contribution in [3.05, 3.63) is 0 Å². The Balaban J connectivity index is 1.83. The fraction of sp³-hybridized carbons (Fsp3) is 0.821. The number of Topliss-reactive ketones (excluding diaryl/α,β-unsaturated/α-hetero) is 1. The number of ketones is 1. The molecule has 6 rings (SSSR count). The number of fused-ring (bicyclic) bond motifs is 2. The van der Waals surface area contributed by atoms with Gasteiger partial charge < -0.3 is 23.7 Å². The first-order valence-corrected chi connectivity index (χ1v) is 13.6. The molecule has 4 bridgehead atoms. The molecule has 0 aromatic heterocycles. The normalized spacial score (nSPS) is 45.9. The zero-order valence-corrected chi connectivity index (χ0v) is 23.1. The number of esters is 4. The zero-order chi connectivity index (χ0) is 27.9. The second kappa shape index (κ2) is 8.76. The SMILES string of the molecule is CC(=O)O[C@@H]1O[C@H]2C[C@@H]3C(C)(C)CC[C@@H](OC(C)=O)[C@]13[C@@H]1[C@@H](OC(C)=O)C[C@@H]3[C@@H](OC(C)=O)[C@]21C(=O)[C@@H]3C. The molecule has 38 heavy (non-hydrogen) atoms. The first kappa shape index (κ1) is 27.1. The van der Waals surface area contributed by atoms with Gasteiger partial charge in [0.25, 0.3) is 0 Å². The lowest BCUT2D eigenvalue weighted by atomic mass is 9.36. The molecule has 10 heteroatoms. The summed E-state index contributed by atoms with van der Waals surface area (Å²) in [7, 11) is 0. The van der Waals surface area contributed by atoms with Crippen LogP contribution in [0.25, 0.3) is 0 Å². The van der Waals surface area contributed by atoms with Crippen LogP contribution in [-0.4, -0.2) is 60.4 Å². The lowest BCUT2D eigenvalue weighted by Gasteiger charge is -2.73. The van der Waals surface area contributed by atoms with Gasteiger partial charge in [0, 0.05) is 45.4 Å². The number of carbonyl (C=O) groups is 5. The van der Waals surface area contributed by atoms with Gasteiger partial charge in [0.15, 0.2) is 0 Å². The van der Waals surface area contributed by atoms with Gasteiger partial charge in [-0.2, -0.15) is 0 Å². The molecule has 10 nitrogen and oxygen atoms in total. The number of ether oxygens (including phenoxy) is 5. The average Bonchev–Trinajstić information content (AvgIpc) is 2.90. The molecule has 4 aliphatic carbocycles. The Morgan fingerprint density at radius 3 is 2.05 bits per heavy atom. The van der Waals surface area contributed by atoms with Gasteiger partial charge >= 0.3 is 23.9 Å². The summed E-state index contributed by atoms with van der Waals surface area (Å²) in [5, 5.41) is 0. The average molecular weight is 535 g/mol. The molecule has 6 aliphatic rings. The van der Waals surface area contributed by atoms with Gasteiger partial charge in [-0.05, 0) is 37.0 Å². The van der Waals surface area contributed by atoms with Gasteiger partial charge in [-0.15, -0.1) is 0 Å². The second-order valence-electron chi connectivity index (χ2n) is 12.6. The van der Waals surface area contributed by atoms with Crippen LogP contribution in [-0.2, 0) is 47.7 Å². The van der Waals surface area contributed by atoms with E-state index in [1.807, 2.05) is 6.92 Å². The van der Waals surface area contributed by atoms with E-state index in [0.717, 1.165) is 6.42 Å². The summed E-state index contributed by atoms with van der Waals surface area (Å²) in [4.78, 5) is 64.1. The molecule has 2 aliphatic heterocycles. The molecular formula is C28H38O10. The standard InChI is InChI=1S/C28H38O10/c1-12-17-10-18(34-13(2)29)22-27-19(26(6,7)9-8-20(27)35-14(3)30)11-21(38-25(27)37-16(5)32)28(22,23(12)33)24(17)36-15(4)31/h12,17-22,24-25H,8-11H2,1-7H3/t12-,17+,18+,19-,20-,21+,22+,24-,25-,27-,28-/m1/s1. The second-order valence-corrected chi connectivity index (χ2v) is 12.6. The minimum absolute atomic E-state index is 0.109. The molecule has 0 unspecified atom stereocenters. The Hall–Kier alpha value is -2.49. The molecule has 2 spiro atoms. The first-order chi connectivity index (χ1) is 17.7. The minimum atomic E-state index is -1.34. The Morgan fingerprint density at radius 1 is 0.868 bits per heavy atom. The van der Waals surface area contributed by atoms with Crippen LogP contribution in [0.2, 0.25) is 0 Å². The largest absolute Gasteiger partial charge is 0.462 e. The molecule has 0 aromatic carbocycles. The smallest absolute Gasteiger partial charge is 0.304 e. The molecule has 0 radical (unpaired) electrons. The third-order valence-corrected chi connectivity index (χ3v) is 10.3. The van der Waals surface area contributed by atoms with Crippen molar-refractivity contribution in [2.75, 3.05) is 0 Å². The van der Waals surface area contributed by atoms with Crippen LogP contribution < -0.4 is 0 Å². The van der Waals surface area contributed by atoms with Crippen molar-refractivity contribution in [3.8, 4) is 0 Å². The van der Waals surface area contributed by atoms with Crippen LogP contribution in [0.15, 0.2) is 0 Å². The van der Waals surface area contributed by atoms with E-state index in [1.165, 1.54) is 27.7 Å². The van der Waals surface area contributed by atoms with E-state index in [0.29, 0.717) is 12.8 Å². The molecule has 0 N–H and O–H groups in total. The molecule has 11 atom stereocenters. The van der Waals surface area contributed by atoms with Crippen LogP contribution in [0, 0.1) is 39.9 Å². The van der Waals surface area contributed by atoms with Gasteiger partial charge in [-0.1, -0.05) is 20.8 Å². The molecule has 4 saturated carbocycles. The number of carbonyl (C=O) groups excluding carboxylic acids is 5. The molecule has 210 valence electrons. The zero-order valence-electron chi connectivity index (χ0n) is 23.1. The highest BCUT2D eigenvalue weighted by atomic mass is 16.7. The van der Waals surface area contributed by atoms with Crippen molar-refractivity contribution >= 4 is 29.7 Å². The quantitative estimate of drug-likeness (QED) is 0.392. The monoisotopic (exact) mass is 534 g/mol. The summed E-state index contributed by atoms with van der Waals surface area (Å²) in [6.07, 6.45) is -2.33. The molecule has 2 saturated heterocycles. The highest BCUT2D eigenvalue weighted by molar-refractivity contribution is 5.93. The Labute approximate surface area is 222 Å². The van der Waals surface area contributed by atoms with Gasteiger partial charge in [-0.3, -0.25) is 24.0 Å². The Morgan fingerprint density at radius 2 is 1.47 bits per heavy atom. The number of rotatable bonds is 4. The van der Waals surface area contributed by atoms with Gasteiger partial charge in [0.1, 0.15) is 24.1 Å². The lowest BCUT2D eigenvalue weighted by Crippen LogP contribution is -2.81. The van der Waals surface area contributed by atoms with Gasteiger partial charge in [0.05, 0.1) is 16.9 Å². The van der Waals surface area contributed by atoms with E-state index in [2.05, 4.69) is 13.8 Å². The number of hydrogen-bond acceptors (Lipinski definition) is 10. The molecule has 0 amide bonds. The Bertz CT molecular complexity index is 1060. The van der Waals surface area contributed by atoms with E-state index in [-0.39, 0.29) is 29.5 Å². The first-order valence-electron chi connectivity index (χ1n) is 13.6. The predicted molar refractivity (Wildman–Crippen MR) is 129 cm³/mol. The maximum absolute atomic E-state index is 14.4. The van der Waals surface area contributed by atoms with E-state index in [1.54, 1.807) is 0 Å². The lowest BCUT2D eigenvalue weighted by molar-refractivity contribution is -0.410. The van der Waals surface area contributed by atoms with Crippen molar-refractivity contribution in [3.63, 3.8) is 0 Å². The number of hydrogen-bond donors (Lipinski definition) is 0. The summed E-state index contributed by atoms with van der Waals surface area (Å²) < 4.78 is 30.3. The fourth-order valence-electron chi connectivity index (χ4n) is 9.40. The van der Waals surface area contributed by atoms with Crippen molar-refractivity contribution in [2.24, 2.45) is 39.9 Å². The Kier molecular flexibility index (Phi) is 6.25. The van der Waals surface area contributed by atoms with Crippen LogP contribution in [0.1, 0.15) is 74.1 Å². The van der Waals surface area contributed by atoms with E-state index >= 15 is 0 Å². The summed E-state index contributed by atoms with van der Waals surface area (Å²) >= 11 is 0. The van der Waals surface area contributed by atoms with Crippen LogP contribution >= 0.6 is 0 Å². The predicted octanol–water partition coefficient (Wildman–Crippen LogP) is 2.74. The van der Waals surface area contributed by atoms with Crippen molar-refractivity contribution < 1.29 is 47.7 Å².